The topological polar surface area (TPSA) is 76.2 Å². The molecule has 1 N–H and O–H groups in total. The van der Waals surface area contributed by atoms with Crippen molar-refractivity contribution in [2.45, 2.75) is 49.7 Å². The fraction of sp³-hybridized carbons (Fsp3) is 0.500. The molecule has 118 valence electrons. The summed E-state index contributed by atoms with van der Waals surface area (Å²) in [6.07, 6.45) is 4.70. The van der Waals surface area contributed by atoms with Crippen LogP contribution in [-0.2, 0) is 28.9 Å². The molecule has 0 bridgehead atoms. The minimum Gasteiger partial charge on any atom is -0.392 e. The number of aromatic nitrogens is 2. The highest BCUT2D eigenvalue weighted by Crippen LogP contribution is 2.32. The molecule has 3 rings (SSSR count). The Morgan fingerprint density at radius 2 is 1.82 bits per heavy atom. The summed E-state index contributed by atoms with van der Waals surface area (Å²) in [6.45, 7) is 0.0231. The van der Waals surface area contributed by atoms with Crippen LogP contribution in [0.5, 0.6) is 0 Å². The van der Waals surface area contributed by atoms with Crippen LogP contribution in [0.25, 0.3) is 0 Å². The molecule has 1 heterocycles. The van der Waals surface area contributed by atoms with E-state index >= 15 is 0 Å². The molecule has 1 atom stereocenters. The third kappa shape index (κ3) is 3.81. The average molecular weight is 320 g/mol. The first-order chi connectivity index (χ1) is 10.7. The predicted molar refractivity (Wildman–Crippen MR) is 83.4 cm³/mol. The van der Waals surface area contributed by atoms with Crippen molar-refractivity contribution in [1.29, 1.82) is 0 Å². The summed E-state index contributed by atoms with van der Waals surface area (Å²) in [4.78, 5) is 4.40. The van der Waals surface area contributed by atoms with Gasteiger partial charge in [0.05, 0.1) is 6.61 Å². The number of aliphatic hydroxyl groups is 1. The molecule has 0 radical (unpaired) electrons. The minimum atomic E-state index is -1.08. The van der Waals surface area contributed by atoms with Crippen molar-refractivity contribution >= 4 is 10.8 Å². The Labute approximate surface area is 132 Å². The van der Waals surface area contributed by atoms with E-state index < -0.39 is 10.8 Å². The standard InChI is InChI=1S/C16H20N2O3S/c19-9-12-5-7-13(8-6-12)10-22(20)11-15-17-16(18-21-15)14-3-1-2-4-14/h5-8,14,19H,1-4,9-11H2. The van der Waals surface area contributed by atoms with Gasteiger partial charge < -0.3 is 9.63 Å². The van der Waals surface area contributed by atoms with Gasteiger partial charge in [-0.05, 0) is 24.0 Å². The van der Waals surface area contributed by atoms with Crippen LogP contribution in [0.15, 0.2) is 28.8 Å². The Kier molecular flexibility index (Phi) is 5.00. The number of nitrogens with zero attached hydrogens (tertiary/aromatic N) is 2. The molecule has 1 aliphatic rings. The molecule has 0 spiro atoms. The third-order valence-electron chi connectivity index (χ3n) is 4.02. The van der Waals surface area contributed by atoms with E-state index in [2.05, 4.69) is 10.1 Å². The van der Waals surface area contributed by atoms with E-state index in [1.54, 1.807) is 0 Å². The van der Waals surface area contributed by atoms with Gasteiger partial charge in [-0.15, -0.1) is 0 Å². The number of rotatable bonds is 6. The van der Waals surface area contributed by atoms with Crippen molar-refractivity contribution in [2.24, 2.45) is 0 Å². The predicted octanol–water partition coefficient (Wildman–Crippen LogP) is 2.67. The fourth-order valence-corrected chi connectivity index (χ4v) is 3.85. The fourth-order valence-electron chi connectivity index (χ4n) is 2.79. The zero-order chi connectivity index (χ0) is 15.4. The summed E-state index contributed by atoms with van der Waals surface area (Å²) in [6, 6.07) is 7.47. The molecule has 1 fully saturated rings. The maximum atomic E-state index is 12.2. The number of benzene rings is 1. The van der Waals surface area contributed by atoms with E-state index in [1.807, 2.05) is 24.3 Å². The van der Waals surface area contributed by atoms with E-state index in [0.29, 0.717) is 23.3 Å². The highest BCUT2D eigenvalue weighted by molar-refractivity contribution is 7.83. The molecule has 1 aliphatic carbocycles. The Morgan fingerprint density at radius 3 is 2.50 bits per heavy atom. The van der Waals surface area contributed by atoms with E-state index in [0.717, 1.165) is 29.8 Å². The normalized spacial score (nSPS) is 17.0. The Morgan fingerprint density at radius 1 is 1.14 bits per heavy atom. The highest BCUT2D eigenvalue weighted by Gasteiger charge is 2.22. The molecule has 1 saturated carbocycles. The quantitative estimate of drug-likeness (QED) is 0.885. The smallest absolute Gasteiger partial charge is 0.239 e. The number of aliphatic hydroxyl groups excluding tert-OH is 1. The monoisotopic (exact) mass is 320 g/mol. The van der Waals surface area contributed by atoms with Crippen molar-refractivity contribution < 1.29 is 13.8 Å². The molecule has 6 heteroatoms. The van der Waals surface area contributed by atoms with Crippen molar-refractivity contribution in [3.05, 3.63) is 47.1 Å². The maximum absolute atomic E-state index is 12.2. The van der Waals surface area contributed by atoms with E-state index in [4.69, 9.17) is 9.63 Å². The zero-order valence-corrected chi connectivity index (χ0v) is 13.2. The summed E-state index contributed by atoms with van der Waals surface area (Å²) in [5, 5.41) is 13.0. The van der Waals surface area contributed by atoms with Crippen molar-refractivity contribution in [1.82, 2.24) is 10.1 Å². The van der Waals surface area contributed by atoms with Crippen LogP contribution in [0.2, 0.25) is 0 Å². The van der Waals surface area contributed by atoms with Crippen molar-refractivity contribution in [3.63, 3.8) is 0 Å². The first-order valence-electron chi connectivity index (χ1n) is 7.60. The van der Waals surface area contributed by atoms with Crippen molar-refractivity contribution in [2.75, 3.05) is 0 Å². The number of hydrogen-bond acceptors (Lipinski definition) is 5. The lowest BCUT2D eigenvalue weighted by molar-refractivity contribution is 0.282. The Balaban J connectivity index is 1.56. The van der Waals surface area contributed by atoms with Gasteiger partial charge in [-0.2, -0.15) is 4.98 Å². The average Bonchev–Trinajstić information content (AvgIpc) is 3.19. The summed E-state index contributed by atoms with van der Waals surface area (Å²) in [5.74, 6) is 2.40. The van der Waals surface area contributed by atoms with E-state index in [-0.39, 0.29) is 6.61 Å². The Bertz CT molecular complexity index is 633. The van der Waals surface area contributed by atoms with Crippen LogP contribution >= 0.6 is 0 Å². The van der Waals surface area contributed by atoms with Gasteiger partial charge in [0.2, 0.25) is 5.89 Å². The van der Waals surface area contributed by atoms with Crippen LogP contribution in [-0.4, -0.2) is 19.5 Å². The Hall–Kier alpha value is -1.53. The first kappa shape index (κ1) is 15.4. The van der Waals surface area contributed by atoms with Crippen LogP contribution in [0.3, 0.4) is 0 Å². The summed E-state index contributed by atoms with van der Waals surface area (Å²) >= 11 is 0. The van der Waals surface area contributed by atoms with E-state index in [1.165, 1.54) is 12.8 Å². The minimum absolute atomic E-state index is 0.0231. The van der Waals surface area contributed by atoms with Crippen LogP contribution in [0, 0.1) is 0 Å². The van der Waals surface area contributed by atoms with Crippen LogP contribution in [0.4, 0.5) is 0 Å². The molecule has 1 aromatic carbocycles. The molecule has 1 aromatic heterocycles. The number of hydrogen-bond donors (Lipinski definition) is 1. The largest absolute Gasteiger partial charge is 0.392 e. The van der Waals surface area contributed by atoms with Crippen LogP contribution in [0.1, 0.15) is 54.4 Å². The third-order valence-corrected chi connectivity index (χ3v) is 5.25. The van der Waals surface area contributed by atoms with Crippen molar-refractivity contribution in [3.8, 4) is 0 Å². The molecule has 0 saturated heterocycles. The van der Waals surface area contributed by atoms with Gasteiger partial charge in [-0.3, -0.25) is 4.21 Å². The second kappa shape index (κ2) is 7.15. The second-order valence-corrected chi connectivity index (χ2v) is 7.19. The lowest BCUT2D eigenvalue weighted by Gasteiger charge is -2.02. The molecular formula is C16H20N2O3S. The molecular weight excluding hydrogens is 300 g/mol. The van der Waals surface area contributed by atoms with E-state index in [9.17, 15) is 4.21 Å². The SMILES string of the molecule is O=S(Cc1ccc(CO)cc1)Cc1nc(C2CCCC2)no1. The summed E-state index contributed by atoms with van der Waals surface area (Å²) in [5.41, 5.74) is 1.83. The second-order valence-electron chi connectivity index (χ2n) is 5.73. The van der Waals surface area contributed by atoms with Gasteiger partial charge in [0.25, 0.3) is 0 Å². The van der Waals surface area contributed by atoms with Gasteiger partial charge in [0, 0.05) is 22.5 Å². The van der Waals surface area contributed by atoms with Gasteiger partial charge >= 0.3 is 0 Å². The van der Waals surface area contributed by atoms with Gasteiger partial charge in [-0.25, -0.2) is 0 Å². The van der Waals surface area contributed by atoms with Gasteiger partial charge in [0.15, 0.2) is 5.82 Å². The molecule has 22 heavy (non-hydrogen) atoms. The molecule has 2 aromatic rings. The van der Waals surface area contributed by atoms with Gasteiger partial charge in [-0.1, -0.05) is 42.3 Å². The molecule has 5 nitrogen and oxygen atoms in total. The zero-order valence-electron chi connectivity index (χ0n) is 12.4. The van der Waals surface area contributed by atoms with Gasteiger partial charge in [0.1, 0.15) is 5.75 Å². The lowest BCUT2D eigenvalue weighted by atomic mass is 10.1. The summed E-state index contributed by atoms with van der Waals surface area (Å²) in [7, 11) is -1.08. The maximum Gasteiger partial charge on any atom is 0.239 e. The summed E-state index contributed by atoms with van der Waals surface area (Å²) < 4.78 is 17.4. The molecule has 0 aliphatic heterocycles. The first-order valence-corrected chi connectivity index (χ1v) is 9.09. The highest BCUT2D eigenvalue weighted by atomic mass is 32.2. The molecule has 1 unspecified atom stereocenters. The van der Waals surface area contributed by atoms with Crippen LogP contribution < -0.4 is 0 Å². The lowest BCUT2D eigenvalue weighted by Crippen LogP contribution is -2.01. The molecule has 0 amide bonds.